The number of carboxylic acid groups (broad SMARTS) is 1. The molecule has 2 aromatic carbocycles. The molecule has 1 N–H and O–H groups in total. The largest absolute Gasteiger partial charge is 0.480 e. The SMILES string of the molecule is CCC(C(=O)O)N1Cc2ccc(-c3ccc4ncccc4c3)cc2C1=O. The van der Waals surface area contributed by atoms with E-state index in [1.165, 1.54) is 4.90 Å². The van der Waals surface area contributed by atoms with E-state index >= 15 is 0 Å². The first kappa shape index (κ1) is 16.3. The van der Waals surface area contributed by atoms with Gasteiger partial charge in [0.25, 0.3) is 5.91 Å². The summed E-state index contributed by atoms with van der Waals surface area (Å²) >= 11 is 0. The predicted molar refractivity (Wildman–Crippen MR) is 98.8 cm³/mol. The molecule has 5 nitrogen and oxygen atoms in total. The fourth-order valence-corrected chi connectivity index (χ4v) is 3.54. The van der Waals surface area contributed by atoms with Gasteiger partial charge in [-0.25, -0.2) is 4.79 Å². The van der Waals surface area contributed by atoms with Crippen LogP contribution in [0, 0.1) is 0 Å². The zero-order chi connectivity index (χ0) is 18.3. The van der Waals surface area contributed by atoms with E-state index in [2.05, 4.69) is 4.98 Å². The summed E-state index contributed by atoms with van der Waals surface area (Å²) in [6, 6.07) is 14.9. The number of carbonyl (C=O) groups excluding carboxylic acids is 1. The molecule has 1 atom stereocenters. The molecule has 2 heterocycles. The number of amides is 1. The van der Waals surface area contributed by atoms with Crippen molar-refractivity contribution in [1.29, 1.82) is 0 Å². The van der Waals surface area contributed by atoms with Gasteiger partial charge in [-0.05, 0) is 47.4 Å². The van der Waals surface area contributed by atoms with E-state index < -0.39 is 12.0 Å². The summed E-state index contributed by atoms with van der Waals surface area (Å²) in [4.78, 5) is 29.9. The maximum atomic E-state index is 12.8. The number of hydrogen-bond acceptors (Lipinski definition) is 3. The second-order valence-corrected chi connectivity index (χ2v) is 6.48. The van der Waals surface area contributed by atoms with Gasteiger partial charge >= 0.3 is 5.97 Å². The Morgan fingerprint density at radius 3 is 2.73 bits per heavy atom. The molecule has 130 valence electrons. The molecule has 0 saturated carbocycles. The molecule has 1 aromatic heterocycles. The lowest BCUT2D eigenvalue weighted by Gasteiger charge is -2.22. The number of benzene rings is 2. The third kappa shape index (κ3) is 2.62. The molecule has 0 saturated heterocycles. The van der Waals surface area contributed by atoms with E-state index in [9.17, 15) is 14.7 Å². The van der Waals surface area contributed by atoms with Gasteiger partial charge in [-0.2, -0.15) is 0 Å². The lowest BCUT2D eigenvalue weighted by molar-refractivity contribution is -0.142. The lowest BCUT2D eigenvalue weighted by Crippen LogP contribution is -2.40. The van der Waals surface area contributed by atoms with Crippen molar-refractivity contribution in [3.8, 4) is 11.1 Å². The van der Waals surface area contributed by atoms with Gasteiger partial charge in [0.2, 0.25) is 0 Å². The maximum absolute atomic E-state index is 12.8. The van der Waals surface area contributed by atoms with E-state index in [0.29, 0.717) is 18.5 Å². The van der Waals surface area contributed by atoms with Gasteiger partial charge in [-0.15, -0.1) is 0 Å². The summed E-state index contributed by atoms with van der Waals surface area (Å²) in [7, 11) is 0. The summed E-state index contributed by atoms with van der Waals surface area (Å²) in [5, 5.41) is 10.4. The highest BCUT2D eigenvalue weighted by Crippen LogP contribution is 2.31. The summed E-state index contributed by atoms with van der Waals surface area (Å²) in [5.74, 6) is -1.17. The fraction of sp³-hybridized carbons (Fsp3) is 0.190. The zero-order valence-electron chi connectivity index (χ0n) is 14.3. The topological polar surface area (TPSA) is 70.5 Å². The number of rotatable bonds is 4. The average molecular weight is 346 g/mol. The van der Waals surface area contributed by atoms with Crippen molar-refractivity contribution < 1.29 is 14.7 Å². The lowest BCUT2D eigenvalue weighted by atomic mass is 9.99. The van der Waals surface area contributed by atoms with E-state index in [0.717, 1.165) is 27.6 Å². The molecule has 1 aliphatic heterocycles. The Balaban J connectivity index is 1.71. The molecule has 26 heavy (non-hydrogen) atoms. The van der Waals surface area contributed by atoms with Crippen molar-refractivity contribution in [1.82, 2.24) is 9.88 Å². The molecule has 3 aromatic rings. The van der Waals surface area contributed by atoms with Crippen LogP contribution in [0.2, 0.25) is 0 Å². The molecule has 0 spiro atoms. The molecule has 0 radical (unpaired) electrons. The van der Waals surface area contributed by atoms with Gasteiger partial charge in [0.05, 0.1) is 5.52 Å². The number of nitrogens with zero attached hydrogens (tertiary/aromatic N) is 2. The third-order valence-electron chi connectivity index (χ3n) is 4.93. The van der Waals surface area contributed by atoms with Crippen molar-refractivity contribution in [2.24, 2.45) is 0 Å². The normalized spacial score (nSPS) is 14.5. The molecule has 1 unspecified atom stereocenters. The van der Waals surface area contributed by atoms with Crippen molar-refractivity contribution in [2.45, 2.75) is 25.9 Å². The van der Waals surface area contributed by atoms with E-state index in [1.807, 2.05) is 48.5 Å². The Bertz CT molecular complexity index is 1030. The van der Waals surface area contributed by atoms with E-state index in [-0.39, 0.29) is 5.91 Å². The number of carbonyl (C=O) groups is 2. The minimum atomic E-state index is -0.962. The maximum Gasteiger partial charge on any atom is 0.326 e. The van der Waals surface area contributed by atoms with E-state index in [4.69, 9.17) is 0 Å². The van der Waals surface area contributed by atoms with Crippen molar-refractivity contribution >= 4 is 22.8 Å². The molecule has 0 aliphatic carbocycles. The highest BCUT2D eigenvalue weighted by atomic mass is 16.4. The highest BCUT2D eigenvalue weighted by molar-refractivity contribution is 6.01. The number of hydrogen-bond donors (Lipinski definition) is 1. The summed E-state index contributed by atoms with van der Waals surface area (Å²) < 4.78 is 0. The summed E-state index contributed by atoms with van der Waals surface area (Å²) in [6.07, 6.45) is 2.15. The summed E-state index contributed by atoms with van der Waals surface area (Å²) in [5.41, 5.74) is 4.33. The number of aliphatic carboxylic acids is 1. The molecule has 1 amide bonds. The Kier molecular flexibility index (Phi) is 3.92. The molecular formula is C21H18N2O3. The minimum absolute atomic E-state index is 0.210. The predicted octanol–water partition coefficient (Wildman–Crippen LogP) is 3.72. The third-order valence-corrected chi connectivity index (χ3v) is 4.93. The standard InChI is InChI=1S/C21H18N2O3/c1-2-19(21(25)26)23-12-16-6-5-14(11-17(16)20(23)24)13-7-8-18-15(10-13)4-3-9-22-18/h3-11,19H,2,12H2,1H3,(H,25,26). The van der Waals surface area contributed by atoms with Gasteiger partial charge < -0.3 is 10.0 Å². The van der Waals surface area contributed by atoms with E-state index in [1.54, 1.807) is 13.1 Å². The second kappa shape index (κ2) is 6.26. The van der Waals surface area contributed by atoms with Gasteiger partial charge in [0.1, 0.15) is 6.04 Å². The first-order valence-corrected chi connectivity index (χ1v) is 8.60. The first-order chi connectivity index (χ1) is 12.6. The molecule has 4 rings (SSSR count). The van der Waals surface area contributed by atoms with Crippen LogP contribution in [0.1, 0.15) is 29.3 Å². The molecule has 1 aliphatic rings. The molecule has 0 bridgehead atoms. The summed E-state index contributed by atoms with van der Waals surface area (Å²) in [6.45, 7) is 2.13. The minimum Gasteiger partial charge on any atom is -0.480 e. The molecule has 0 fully saturated rings. The quantitative estimate of drug-likeness (QED) is 0.781. The van der Waals surface area contributed by atoms with Crippen LogP contribution in [-0.4, -0.2) is 32.9 Å². The Morgan fingerprint density at radius 1 is 1.19 bits per heavy atom. The van der Waals surface area contributed by atoms with Crippen LogP contribution in [-0.2, 0) is 11.3 Å². The Hall–Kier alpha value is -3.21. The van der Waals surface area contributed by atoms with Crippen molar-refractivity contribution in [3.63, 3.8) is 0 Å². The van der Waals surface area contributed by atoms with Crippen molar-refractivity contribution in [2.75, 3.05) is 0 Å². The first-order valence-electron chi connectivity index (χ1n) is 8.60. The van der Waals surface area contributed by atoms with Crippen molar-refractivity contribution in [3.05, 3.63) is 65.9 Å². The van der Waals surface area contributed by atoms with Gasteiger partial charge in [0, 0.05) is 23.7 Å². The molecular weight excluding hydrogens is 328 g/mol. The van der Waals surface area contributed by atoms with Crippen LogP contribution in [0.25, 0.3) is 22.0 Å². The second-order valence-electron chi connectivity index (χ2n) is 6.48. The van der Waals surface area contributed by atoms with Crippen LogP contribution in [0.3, 0.4) is 0 Å². The number of aromatic nitrogens is 1. The van der Waals surface area contributed by atoms with Crippen LogP contribution in [0.15, 0.2) is 54.7 Å². The van der Waals surface area contributed by atoms with Gasteiger partial charge in [0.15, 0.2) is 0 Å². The fourth-order valence-electron chi connectivity index (χ4n) is 3.54. The monoisotopic (exact) mass is 346 g/mol. The molecule has 5 heteroatoms. The van der Waals surface area contributed by atoms with Gasteiger partial charge in [-0.3, -0.25) is 9.78 Å². The highest BCUT2D eigenvalue weighted by Gasteiger charge is 2.35. The zero-order valence-corrected chi connectivity index (χ0v) is 14.3. The smallest absolute Gasteiger partial charge is 0.326 e. The number of pyridine rings is 1. The van der Waals surface area contributed by atoms with Crippen LogP contribution in [0.5, 0.6) is 0 Å². The Morgan fingerprint density at radius 2 is 1.96 bits per heavy atom. The number of carboxylic acids is 1. The van der Waals surface area contributed by atoms with Crippen LogP contribution < -0.4 is 0 Å². The average Bonchev–Trinajstić information content (AvgIpc) is 2.98. The van der Waals surface area contributed by atoms with Crippen LogP contribution in [0.4, 0.5) is 0 Å². The van der Waals surface area contributed by atoms with Gasteiger partial charge in [-0.1, -0.05) is 31.2 Å². The number of fused-ring (bicyclic) bond motifs is 2. The Labute approximate surface area is 150 Å². The van der Waals surface area contributed by atoms with Crippen LogP contribution >= 0.6 is 0 Å².